The zero-order valence-corrected chi connectivity index (χ0v) is 12.6. The topological polar surface area (TPSA) is 43.4 Å². The molecule has 2 aromatic carbocycles. The highest BCUT2D eigenvalue weighted by Gasteiger charge is 2.48. The van der Waals surface area contributed by atoms with Crippen molar-refractivity contribution >= 4 is 17.3 Å². The maximum Gasteiger partial charge on any atom is 0.307 e. The number of carbonyl (C=O) groups excluding carboxylic acids is 2. The molecule has 3 heteroatoms. The minimum atomic E-state index is -1.10. The Hall–Kier alpha value is -2.68. The third kappa shape index (κ3) is 2.29. The van der Waals surface area contributed by atoms with Crippen LogP contribution in [0.4, 0.5) is 0 Å². The molecular formula is C20H16O3. The number of benzene rings is 2. The van der Waals surface area contributed by atoms with Crippen molar-refractivity contribution in [2.45, 2.75) is 24.9 Å². The largest absolute Gasteiger partial charge is 0.446 e. The zero-order chi connectivity index (χ0) is 15.9. The van der Waals surface area contributed by atoms with Gasteiger partial charge in [0.1, 0.15) is 0 Å². The first-order valence-electron chi connectivity index (χ1n) is 7.80. The fourth-order valence-corrected chi connectivity index (χ4v) is 3.43. The Bertz CT molecular complexity index is 820. The normalized spacial score (nSPS) is 22.7. The van der Waals surface area contributed by atoms with Crippen molar-refractivity contribution in [3.05, 3.63) is 77.4 Å². The molecule has 0 saturated carbocycles. The number of rotatable bonds is 2. The summed E-state index contributed by atoms with van der Waals surface area (Å²) in [7, 11) is 0. The minimum Gasteiger partial charge on any atom is -0.446 e. The van der Waals surface area contributed by atoms with Gasteiger partial charge in [-0.1, -0.05) is 54.6 Å². The van der Waals surface area contributed by atoms with Gasteiger partial charge in [-0.25, -0.2) is 0 Å². The van der Waals surface area contributed by atoms with E-state index in [1.165, 1.54) is 5.56 Å². The van der Waals surface area contributed by atoms with Gasteiger partial charge in [-0.15, -0.1) is 0 Å². The second kappa shape index (κ2) is 5.20. The summed E-state index contributed by atoms with van der Waals surface area (Å²) in [5.41, 5.74) is 2.70. The number of ketones is 1. The molecule has 3 nitrogen and oxygen atoms in total. The van der Waals surface area contributed by atoms with Gasteiger partial charge in [-0.2, -0.15) is 0 Å². The highest BCUT2D eigenvalue weighted by atomic mass is 16.6. The smallest absolute Gasteiger partial charge is 0.307 e. The average molecular weight is 304 g/mol. The van der Waals surface area contributed by atoms with Crippen LogP contribution in [0.5, 0.6) is 0 Å². The molecule has 2 aliphatic rings. The molecule has 114 valence electrons. The number of fused-ring (bicyclic) bond motifs is 1. The van der Waals surface area contributed by atoms with Crippen molar-refractivity contribution in [1.29, 1.82) is 0 Å². The number of allylic oxidation sites excluding steroid dienone is 1. The lowest BCUT2D eigenvalue weighted by Gasteiger charge is -2.30. The average Bonchev–Trinajstić information content (AvgIpc) is 2.95. The molecule has 1 spiro atoms. The van der Waals surface area contributed by atoms with Gasteiger partial charge in [0, 0.05) is 12.0 Å². The standard InChI is InChI=1S/C20H16O3/c21-18-10-11-20(23-18)13-15(12-14-6-2-1-3-7-14)16-8-4-5-9-17(16)19(20)22/h1-9,13H,10-12H2/t20-/m0/s1. The summed E-state index contributed by atoms with van der Waals surface area (Å²) < 4.78 is 5.46. The highest BCUT2D eigenvalue weighted by molar-refractivity contribution is 6.12. The summed E-state index contributed by atoms with van der Waals surface area (Å²) in [4.78, 5) is 24.5. The first-order valence-corrected chi connectivity index (χ1v) is 7.80. The molecule has 0 bridgehead atoms. The fourth-order valence-electron chi connectivity index (χ4n) is 3.43. The Balaban J connectivity index is 1.82. The van der Waals surface area contributed by atoms with E-state index in [1.807, 2.05) is 48.5 Å². The number of hydrogen-bond acceptors (Lipinski definition) is 3. The third-order valence-electron chi connectivity index (χ3n) is 4.54. The van der Waals surface area contributed by atoms with E-state index in [9.17, 15) is 9.59 Å². The summed E-state index contributed by atoms with van der Waals surface area (Å²) in [6.07, 6.45) is 3.31. The molecule has 1 aliphatic carbocycles. The van der Waals surface area contributed by atoms with E-state index in [4.69, 9.17) is 4.74 Å². The summed E-state index contributed by atoms with van der Waals surface area (Å²) in [5, 5.41) is 0. The lowest BCUT2D eigenvalue weighted by Crippen LogP contribution is -2.39. The van der Waals surface area contributed by atoms with E-state index < -0.39 is 5.60 Å². The molecular weight excluding hydrogens is 288 g/mol. The predicted octanol–water partition coefficient (Wildman–Crippen LogP) is 3.58. The lowest BCUT2D eigenvalue weighted by atomic mass is 9.77. The third-order valence-corrected chi connectivity index (χ3v) is 4.54. The number of esters is 1. The van der Waals surface area contributed by atoms with Crippen molar-refractivity contribution in [2.75, 3.05) is 0 Å². The maximum absolute atomic E-state index is 12.9. The van der Waals surface area contributed by atoms with Crippen LogP contribution in [0.3, 0.4) is 0 Å². The number of Topliss-reactive ketones (excluding diaryl/α,β-unsaturated/α-hetero) is 1. The SMILES string of the molecule is O=C1CC[C@@]2(C=C(Cc3ccccc3)c3ccccc3C2=O)O1. The van der Waals surface area contributed by atoms with E-state index in [2.05, 4.69) is 12.1 Å². The second-order valence-electron chi connectivity index (χ2n) is 6.07. The van der Waals surface area contributed by atoms with Crippen molar-refractivity contribution in [2.24, 2.45) is 0 Å². The van der Waals surface area contributed by atoms with Gasteiger partial charge in [-0.05, 0) is 29.2 Å². The number of hydrogen-bond donors (Lipinski definition) is 0. The Morgan fingerprint density at radius 3 is 2.30 bits per heavy atom. The van der Waals surface area contributed by atoms with Gasteiger partial charge >= 0.3 is 5.97 Å². The molecule has 1 fully saturated rings. The van der Waals surface area contributed by atoms with Gasteiger partial charge in [0.2, 0.25) is 5.78 Å². The second-order valence-corrected chi connectivity index (χ2v) is 6.07. The molecule has 4 rings (SSSR count). The van der Waals surface area contributed by atoms with Crippen molar-refractivity contribution < 1.29 is 14.3 Å². The van der Waals surface area contributed by atoms with Crippen LogP contribution in [-0.4, -0.2) is 17.4 Å². The van der Waals surface area contributed by atoms with E-state index >= 15 is 0 Å². The van der Waals surface area contributed by atoms with E-state index in [0.717, 1.165) is 11.1 Å². The van der Waals surface area contributed by atoms with Gasteiger partial charge in [-0.3, -0.25) is 9.59 Å². The summed E-state index contributed by atoms with van der Waals surface area (Å²) >= 11 is 0. The highest BCUT2D eigenvalue weighted by Crippen LogP contribution is 2.40. The molecule has 1 saturated heterocycles. The molecule has 1 aliphatic heterocycles. The van der Waals surface area contributed by atoms with Crippen molar-refractivity contribution in [1.82, 2.24) is 0 Å². The molecule has 0 amide bonds. The van der Waals surface area contributed by atoms with E-state index in [1.54, 1.807) is 0 Å². The minimum absolute atomic E-state index is 0.101. The van der Waals surface area contributed by atoms with Crippen LogP contribution >= 0.6 is 0 Å². The van der Waals surface area contributed by atoms with Crippen molar-refractivity contribution in [3.63, 3.8) is 0 Å². The Morgan fingerprint density at radius 2 is 1.61 bits per heavy atom. The summed E-state index contributed by atoms with van der Waals surface area (Å²) in [6, 6.07) is 17.7. The molecule has 0 aromatic heterocycles. The fraction of sp³-hybridized carbons (Fsp3) is 0.200. The number of carbonyl (C=O) groups is 2. The zero-order valence-electron chi connectivity index (χ0n) is 12.6. The van der Waals surface area contributed by atoms with Crippen LogP contribution in [-0.2, 0) is 16.0 Å². The molecule has 2 aromatic rings. The Kier molecular flexibility index (Phi) is 3.15. The van der Waals surface area contributed by atoms with Crippen LogP contribution in [0, 0.1) is 0 Å². The number of ether oxygens (including phenoxy) is 1. The van der Waals surface area contributed by atoms with Crippen molar-refractivity contribution in [3.8, 4) is 0 Å². The predicted molar refractivity (Wildman–Crippen MR) is 87.0 cm³/mol. The first-order chi connectivity index (χ1) is 11.2. The van der Waals surface area contributed by atoms with Crippen LogP contribution in [0.1, 0.15) is 34.3 Å². The van der Waals surface area contributed by atoms with Gasteiger partial charge < -0.3 is 4.74 Å². The summed E-state index contributed by atoms with van der Waals surface area (Å²) in [5.74, 6) is -0.399. The monoisotopic (exact) mass is 304 g/mol. The van der Waals surface area contributed by atoms with E-state index in [-0.39, 0.29) is 11.8 Å². The Morgan fingerprint density at radius 1 is 0.913 bits per heavy atom. The lowest BCUT2D eigenvalue weighted by molar-refractivity contribution is -0.143. The molecule has 1 heterocycles. The molecule has 23 heavy (non-hydrogen) atoms. The van der Waals surface area contributed by atoms with Crippen LogP contribution in [0.15, 0.2) is 60.7 Å². The van der Waals surface area contributed by atoms with Crippen LogP contribution in [0.2, 0.25) is 0 Å². The van der Waals surface area contributed by atoms with Crippen LogP contribution in [0.25, 0.3) is 5.57 Å². The van der Waals surface area contributed by atoms with Gasteiger partial charge in [0.15, 0.2) is 5.60 Å². The maximum atomic E-state index is 12.9. The Labute approximate surface area is 134 Å². The summed E-state index contributed by atoms with van der Waals surface area (Å²) in [6.45, 7) is 0. The van der Waals surface area contributed by atoms with Crippen LogP contribution < -0.4 is 0 Å². The van der Waals surface area contributed by atoms with Gasteiger partial charge in [0.25, 0.3) is 0 Å². The molecule has 0 unspecified atom stereocenters. The first kappa shape index (κ1) is 13.9. The van der Waals surface area contributed by atoms with E-state index in [0.29, 0.717) is 24.8 Å². The molecule has 1 atom stereocenters. The van der Waals surface area contributed by atoms with Gasteiger partial charge in [0.05, 0.1) is 6.42 Å². The molecule has 0 radical (unpaired) electrons. The quantitative estimate of drug-likeness (QED) is 0.796. The molecule has 0 N–H and O–H groups in total.